The number of hydrogen-bond donors (Lipinski definition) is 2. The van der Waals surface area contributed by atoms with Crippen molar-refractivity contribution in [2.24, 2.45) is 5.73 Å². The van der Waals surface area contributed by atoms with Gasteiger partial charge in [-0.1, -0.05) is 0 Å². The van der Waals surface area contributed by atoms with Gasteiger partial charge in [0, 0.05) is 25.5 Å². The summed E-state index contributed by atoms with van der Waals surface area (Å²) in [6, 6.07) is 3.27. The standard InChI is InChI=1S/C7H13N3O2S2/c1-10(2)9-14(11,12)7-4-3-6(5-8)13-7/h3-4,9H,5,8H2,1-2H3. The number of rotatable bonds is 4. The molecule has 0 amide bonds. The van der Waals surface area contributed by atoms with Crippen molar-refractivity contribution in [3.8, 4) is 0 Å². The van der Waals surface area contributed by atoms with Crippen LogP contribution >= 0.6 is 11.3 Å². The molecule has 0 aliphatic heterocycles. The van der Waals surface area contributed by atoms with E-state index in [2.05, 4.69) is 4.83 Å². The Labute approximate surface area is 87.5 Å². The largest absolute Gasteiger partial charge is 0.326 e. The van der Waals surface area contributed by atoms with Crippen molar-refractivity contribution in [1.82, 2.24) is 9.84 Å². The van der Waals surface area contributed by atoms with E-state index in [9.17, 15) is 8.42 Å². The topological polar surface area (TPSA) is 75.4 Å². The fourth-order valence-electron chi connectivity index (χ4n) is 0.898. The second-order valence-corrected chi connectivity index (χ2v) is 5.97. The molecule has 0 unspecified atom stereocenters. The highest BCUT2D eigenvalue weighted by Gasteiger charge is 2.16. The van der Waals surface area contributed by atoms with Crippen LogP contribution in [0.3, 0.4) is 0 Å². The Hall–Kier alpha value is -0.470. The van der Waals surface area contributed by atoms with Crippen molar-refractivity contribution < 1.29 is 8.42 Å². The SMILES string of the molecule is CN(C)NS(=O)(=O)c1ccc(CN)s1. The average molecular weight is 235 g/mol. The predicted molar refractivity (Wildman–Crippen MR) is 56.2 cm³/mol. The Morgan fingerprint density at radius 2 is 2.14 bits per heavy atom. The van der Waals surface area contributed by atoms with Crippen molar-refractivity contribution in [3.05, 3.63) is 17.0 Å². The zero-order chi connectivity index (χ0) is 10.8. The van der Waals surface area contributed by atoms with Gasteiger partial charge in [-0.2, -0.15) is 0 Å². The number of sulfonamides is 1. The molecular formula is C7H13N3O2S2. The number of nitrogens with zero attached hydrogens (tertiary/aromatic N) is 1. The van der Waals surface area contributed by atoms with Crippen molar-refractivity contribution in [2.45, 2.75) is 10.8 Å². The summed E-state index contributed by atoms with van der Waals surface area (Å²) in [5, 5.41) is 1.39. The lowest BCUT2D eigenvalue weighted by Crippen LogP contribution is -2.35. The van der Waals surface area contributed by atoms with E-state index in [-0.39, 0.29) is 4.21 Å². The molecule has 0 saturated carbocycles. The van der Waals surface area contributed by atoms with Gasteiger partial charge in [-0.05, 0) is 12.1 Å². The summed E-state index contributed by atoms with van der Waals surface area (Å²) in [7, 11) is -0.170. The van der Waals surface area contributed by atoms with E-state index >= 15 is 0 Å². The summed E-state index contributed by atoms with van der Waals surface area (Å²) in [6.07, 6.45) is 0. The smallest absolute Gasteiger partial charge is 0.262 e. The third-order valence-corrected chi connectivity index (χ3v) is 4.49. The molecule has 1 rings (SSSR count). The molecule has 0 atom stereocenters. The number of nitrogens with one attached hydrogen (secondary N) is 1. The van der Waals surface area contributed by atoms with Gasteiger partial charge in [0.1, 0.15) is 4.21 Å². The van der Waals surface area contributed by atoms with Gasteiger partial charge in [-0.15, -0.1) is 16.2 Å². The van der Waals surface area contributed by atoms with Gasteiger partial charge in [0.05, 0.1) is 0 Å². The van der Waals surface area contributed by atoms with Gasteiger partial charge in [0.2, 0.25) is 0 Å². The Bertz CT molecular complexity index is 397. The molecule has 14 heavy (non-hydrogen) atoms. The van der Waals surface area contributed by atoms with E-state index in [1.54, 1.807) is 26.2 Å². The van der Waals surface area contributed by atoms with E-state index in [0.717, 1.165) is 4.88 Å². The van der Waals surface area contributed by atoms with E-state index in [0.29, 0.717) is 6.54 Å². The van der Waals surface area contributed by atoms with Crippen LogP contribution in [0, 0.1) is 0 Å². The van der Waals surface area contributed by atoms with Crippen LogP contribution in [-0.4, -0.2) is 27.5 Å². The van der Waals surface area contributed by atoms with Gasteiger partial charge in [-0.25, -0.2) is 13.4 Å². The maximum Gasteiger partial charge on any atom is 0.262 e. The highest BCUT2D eigenvalue weighted by molar-refractivity contribution is 7.91. The van der Waals surface area contributed by atoms with Gasteiger partial charge in [0.15, 0.2) is 0 Å². The number of hydrazine groups is 1. The third kappa shape index (κ3) is 2.76. The Morgan fingerprint density at radius 3 is 2.57 bits per heavy atom. The molecule has 0 aromatic carbocycles. The summed E-state index contributed by atoms with van der Waals surface area (Å²) in [4.78, 5) is 3.20. The summed E-state index contributed by atoms with van der Waals surface area (Å²) in [5.41, 5.74) is 5.39. The predicted octanol–water partition coefficient (Wildman–Crippen LogP) is -0.0383. The lowest BCUT2D eigenvalue weighted by Gasteiger charge is -2.10. The quantitative estimate of drug-likeness (QED) is 0.718. The Morgan fingerprint density at radius 1 is 1.50 bits per heavy atom. The maximum atomic E-state index is 11.6. The molecular weight excluding hydrogens is 222 g/mol. The zero-order valence-electron chi connectivity index (χ0n) is 8.02. The minimum Gasteiger partial charge on any atom is -0.326 e. The summed E-state index contributed by atoms with van der Waals surface area (Å²) in [5.74, 6) is 0. The van der Waals surface area contributed by atoms with Crippen molar-refractivity contribution in [2.75, 3.05) is 14.1 Å². The molecule has 1 aromatic rings. The van der Waals surface area contributed by atoms with Crippen LogP contribution in [0.1, 0.15) is 4.88 Å². The first-order valence-electron chi connectivity index (χ1n) is 3.94. The molecule has 3 N–H and O–H groups in total. The molecule has 0 saturated heterocycles. The van der Waals surface area contributed by atoms with Crippen LogP contribution in [-0.2, 0) is 16.6 Å². The van der Waals surface area contributed by atoms with E-state index in [1.807, 2.05) is 0 Å². The minimum absolute atomic E-state index is 0.284. The molecule has 1 aromatic heterocycles. The van der Waals surface area contributed by atoms with E-state index in [1.165, 1.54) is 16.3 Å². The molecule has 0 spiro atoms. The first-order valence-corrected chi connectivity index (χ1v) is 6.24. The second kappa shape index (κ2) is 4.37. The fourth-order valence-corrected chi connectivity index (χ4v) is 3.20. The first kappa shape index (κ1) is 11.6. The van der Waals surface area contributed by atoms with Crippen LogP contribution in [0.4, 0.5) is 0 Å². The molecule has 0 bridgehead atoms. The molecule has 5 nitrogen and oxygen atoms in total. The molecule has 0 radical (unpaired) electrons. The van der Waals surface area contributed by atoms with Crippen molar-refractivity contribution in [1.29, 1.82) is 0 Å². The average Bonchev–Trinajstić information content (AvgIpc) is 2.49. The maximum absolute atomic E-state index is 11.6. The highest BCUT2D eigenvalue weighted by Crippen LogP contribution is 2.20. The van der Waals surface area contributed by atoms with Gasteiger partial charge >= 0.3 is 0 Å². The summed E-state index contributed by atoms with van der Waals surface area (Å²) >= 11 is 1.18. The number of thiophene rings is 1. The lowest BCUT2D eigenvalue weighted by molar-refractivity contribution is 0.364. The Balaban J connectivity index is 2.93. The van der Waals surface area contributed by atoms with E-state index in [4.69, 9.17) is 5.73 Å². The molecule has 0 aliphatic rings. The van der Waals surface area contributed by atoms with Crippen LogP contribution in [0.15, 0.2) is 16.3 Å². The first-order chi connectivity index (χ1) is 6.45. The minimum atomic E-state index is -3.41. The van der Waals surface area contributed by atoms with Gasteiger partial charge < -0.3 is 5.73 Å². The fraction of sp³-hybridized carbons (Fsp3) is 0.429. The molecule has 0 fully saturated rings. The third-order valence-electron chi connectivity index (χ3n) is 1.41. The molecule has 80 valence electrons. The van der Waals surface area contributed by atoms with Gasteiger partial charge in [-0.3, -0.25) is 0 Å². The van der Waals surface area contributed by atoms with Crippen LogP contribution in [0.5, 0.6) is 0 Å². The molecule has 7 heteroatoms. The van der Waals surface area contributed by atoms with Crippen molar-refractivity contribution in [3.63, 3.8) is 0 Å². The zero-order valence-corrected chi connectivity index (χ0v) is 9.65. The lowest BCUT2D eigenvalue weighted by atomic mass is 10.5. The van der Waals surface area contributed by atoms with E-state index < -0.39 is 10.0 Å². The Kier molecular flexibility index (Phi) is 3.62. The van der Waals surface area contributed by atoms with Crippen LogP contribution in [0.2, 0.25) is 0 Å². The van der Waals surface area contributed by atoms with Gasteiger partial charge in [0.25, 0.3) is 10.0 Å². The highest BCUT2D eigenvalue weighted by atomic mass is 32.2. The monoisotopic (exact) mass is 235 g/mol. The van der Waals surface area contributed by atoms with Crippen LogP contribution < -0.4 is 10.6 Å². The summed E-state index contributed by atoms with van der Waals surface area (Å²) < 4.78 is 23.5. The molecule has 0 aliphatic carbocycles. The number of nitrogens with two attached hydrogens (primary N) is 1. The molecule has 1 heterocycles. The van der Waals surface area contributed by atoms with Crippen molar-refractivity contribution >= 4 is 21.4 Å². The number of hydrogen-bond acceptors (Lipinski definition) is 5. The normalized spacial score (nSPS) is 12.3. The second-order valence-electron chi connectivity index (χ2n) is 2.91. The summed E-state index contributed by atoms with van der Waals surface area (Å²) in [6.45, 7) is 0.363. The van der Waals surface area contributed by atoms with Crippen LogP contribution in [0.25, 0.3) is 0 Å².